The maximum Gasteiger partial charge on any atom is 0.451 e. The van der Waals surface area contributed by atoms with E-state index in [0.717, 1.165) is 57.3 Å². The smallest absolute Gasteiger partial charge is 0.427 e. The van der Waals surface area contributed by atoms with Crippen molar-refractivity contribution < 1.29 is 10.0 Å². The highest BCUT2D eigenvalue weighted by Crippen LogP contribution is 2.24. The van der Waals surface area contributed by atoms with Crippen LogP contribution in [0.3, 0.4) is 0 Å². The summed E-state index contributed by atoms with van der Waals surface area (Å²) in [5, 5.41) is 26.7. The summed E-state index contributed by atoms with van der Waals surface area (Å²) in [6.07, 6.45) is 5.40. The maximum absolute atomic E-state index is 8.98. The van der Waals surface area contributed by atoms with Gasteiger partial charge in [-0.1, -0.05) is 25.0 Å². The van der Waals surface area contributed by atoms with Gasteiger partial charge in [0.05, 0.1) is 11.6 Å². The monoisotopic (exact) mass is 329 g/mol. The SMILES string of the molecule is N#Cc1cccc(CN2CCC(C(N)CCCCB(O)O)CC2)c1. The van der Waals surface area contributed by atoms with Gasteiger partial charge >= 0.3 is 7.12 Å². The minimum Gasteiger partial charge on any atom is -0.427 e. The summed E-state index contributed by atoms with van der Waals surface area (Å²) < 4.78 is 0. The summed E-state index contributed by atoms with van der Waals surface area (Å²) in [5.41, 5.74) is 8.24. The molecule has 0 bridgehead atoms. The summed E-state index contributed by atoms with van der Waals surface area (Å²) >= 11 is 0. The molecule has 0 spiro atoms. The van der Waals surface area contributed by atoms with Crippen molar-refractivity contribution in [3.8, 4) is 6.07 Å². The summed E-state index contributed by atoms with van der Waals surface area (Å²) in [4.78, 5) is 2.43. The van der Waals surface area contributed by atoms with Crippen molar-refractivity contribution in [2.24, 2.45) is 11.7 Å². The van der Waals surface area contributed by atoms with Crippen LogP contribution in [0.15, 0.2) is 24.3 Å². The highest BCUT2D eigenvalue weighted by Gasteiger charge is 2.24. The van der Waals surface area contributed by atoms with E-state index >= 15 is 0 Å². The summed E-state index contributed by atoms with van der Waals surface area (Å²) in [7, 11) is -1.19. The van der Waals surface area contributed by atoms with Crippen molar-refractivity contribution in [1.29, 1.82) is 5.26 Å². The number of likely N-dealkylation sites (tertiary alicyclic amines) is 1. The van der Waals surface area contributed by atoms with E-state index in [9.17, 15) is 0 Å². The first kappa shape index (κ1) is 18.9. The van der Waals surface area contributed by atoms with E-state index < -0.39 is 7.12 Å². The third-order valence-electron chi connectivity index (χ3n) is 4.95. The van der Waals surface area contributed by atoms with Crippen LogP contribution in [0.1, 0.15) is 43.2 Å². The first-order valence-electron chi connectivity index (χ1n) is 8.91. The van der Waals surface area contributed by atoms with Crippen LogP contribution in [0.5, 0.6) is 0 Å². The van der Waals surface area contributed by atoms with Crippen molar-refractivity contribution in [1.82, 2.24) is 4.90 Å². The molecular formula is C18H28BN3O2. The van der Waals surface area contributed by atoms with Gasteiger partial charge < -0.3 is 15.8 Å². The molecule has 1 aliphatic heterocycles. The van der Waals surface area contributed by atoms with Crippen molar-refractivity contribution >= 4 is 7.12 Å². The second kappa shape index (κ2) is 9.80. The van der Waals surface area contributed by atoms with Crippen LogP contribution in [0.25, 0.3) is 0 Å². The molecule has 6 heteroatoms. The Morgan fingerprint density at radius 1 is 1.29 bits per heavy atom. The molecule has 5 nitrogen and oxygen atoms in total. The van der Waals surface area contributed by atoms with Crippen molar-refractivity contribution in [3.05, 3.63) is 35.4 Å². The first-order valence-corrected chi connectivity index (χ1v) is 8.91. The molecule has 1 aromatic rings. The average molecular weight is 329 g/mol. The molecule has 1 saturated heterocycles. The minimum absolute atomic E-state index is 0.213. The lowest BCUT2D eigenvalue weighted by atomic mass is 9.82. The number of piperidine rings is 1. The van der Waals surface area contributed by atoms with Crippen LogP contribution in [0.4, 0.5) is 0 Å². The fourth-order valence-electron chi connectivity index (χ4n) is 3.48. The number of hydrogen-bond acceptors (Lipinski definition) is 5. The van der Waals surface area contributed by atoms with Crippen molar-refractivity contribution in [3.63, 3.8) is 0 Å². The Hall–Kier alpha value is -1.39. The predicted molar refractivity (Wildman–Crippen MR) is 96.0 cm³/mol. The Morgan fingerprint density at radius 3 is 2.71 bits per heavy atom. The maximum atomic E-state index is 8.98. The number of nitrogens with zero attached hydrogens (tertiary/aromatic N) is 2. The zero-order valence-corrected chi connectivity index (χ0v) is 14.3. The van der Waals surface area contributed by atoms with Crippen molar-refractivity contribution in [2.45, 2.75) is 51.0 Å². The molecule has 0 aromatic heterocycles. The molecule has 0 radical (unpaired) electrons. The fraction of sp³-hybridized carbons (Fsp3) is 0.611. The minimum atomic E-state index is -1.19. The zero-order chi connectivity index (χ0) is 17.4. The molecule has 1 heterocycles. The van der Waals surface area contributed by atoms with Crippen LogP contribution < -0.4 is 5.73 Å². The molecule has 2 rings (SSSR count). The van der Waals surface area contributed by atoms with E-state index in [1.165, 1.54) is 5.56 Å². The zero-order valence-electron chi connectivity index (χ0n) is 14.3. The number of nitriles is 1. The van der Waals surface area contributed by atoms with E-state index in [1.807, 2.05) is 18.2 Å². The van der Waals surface area contributed by atoms with Gasteiger partial charge in [0.25, 0.3) is 0 Å². The molecule has 130 valence electrons. The molecule has 1 unspecified atom stereocenters. The van der Waals surface area contributed by atoms with Gasteiger partial charge in [0, 0.05) is 12.6 Å². The molecule has 1 aliphatic rings. The average Bonchev–Trinajstić information content (AvgIpc) is 2.59. The molecule has 0 aliphatic carbocycles. The van der Waals surface area contributed by atoms with E-state index in [1.54, 1.807) is 0 Å². The van der Waals surface area contributed by atoms with Crippen LogP contribution in [-0.2, 0) is 6.54 Å². The summed E-state index contributed by atoms with van der Waals surface area (Å²) in [6, 6.07) is 10.2. The number of rotatable bonds is 8. The van der Waals surface area contributed by atoms with E-state index in [0.29, 0.717) is 12.2 Å². The van der Waals surface area contributed by atoms with Crippen LogP contribution in [0, 0.1) is 17.2 Å². The molecule has 4 N–H and O–H groups in total. The Morgan fingerprint density at radius 2 is 2.04 bits per heavy atom. The van der Waals surface area contributed by atoms with Gasteiger partial charge in [-0.25, -0.2) is 0 Å². The third-order valence-corrected chi connectivity index (χ3v) is 4.95. The third kappa shape index (κ3) is 6.25. The normalized spacial score (nSPS) is 17.4. The molecule has 1 fully saturated rings. The van der Waals surface area contributed by atoms with E-state index in [2.05, 4.69) is 17.0 Å². The molecule has 1 aromatic carbocycles. The fourth-order valence-corrected chi connectivity index (χ4v) is 3.48. The van der Waals surface area contributed by atoms with Crippen LogP contribution in [-0.4, -0.2) is 41.2 Å². The van der Waals surface area contributed by atoms with Crippen LogP contribution >= 0.6 is 0 Å². The quantitative estimate of drug-likeness (QED) is 0.499. The largest absolute Gasteiger partial charge is 0.451 e. The van der Waals surface area contributed by atoms with Crippen LogP contribution in [0.2, 0.25) is 6.32 Å². The lowest BCUT2D eigenvalue weighted by molar-refractivity contribution is 0.159. The highest BCUT2D eigenvalue weighted by molar-refractivity contribution is 6.40. The molecule has 0 amide bonds. The Kier molecular flexibility index (Phi) is 7.74. The lowest BCUT2D eigenvalue weighted by Gasteiger charge is -2.35. The van der Waals surface area contributed by atoms with Gasteiger partial charge in [0.1, 0.15) is 0 Å². The van der Waals surface area contributed by atoms with Gasteiger partial charge in [-0.15, -0.1) is 0 Å². The molecule has 0 saturated carbocycles. The second-order valence-electron chi connectivity index (χ2n) is 6.85. The first-order chi connectivity index (χ1) is 11.6. The number of hydrogen-bond donors (Lipinski definition) is 3. The standard InChI is InChI=1S/C18H28BN3O2/c20-13-15-4-3-5-16(12-15)14-22-10-7-17(8-11-22)18(21)6-1-2-9-19(23)24/h3-5,12,17-18,23-24H,1-2,6-11,14,21H2. The van der Waals surface area contributed by atoms with Gasteiger partial charge in [0.2, 0.25) is 0 Å². The van der Waals surface area contributed by atoms with Gasteiger partial charge in [-0.2, -0.15) is 5.26 Å². The predicted octanol–water partition coefficient (Wildman–Crippen LogP) is 1.74. The molecular weight excluding hydrogens is 301 g/mol. The second-order valence-corrected chi connectivity index (χ2v) is 6.85. The Bertz CT molecular complexity index is 539. The number of nitrogens with two attached hydrogens (primary N) is 1. The summed E-state index contributed by atoms with van der Waals surface area (Å²) in [5.74, 6) is 0.561. The van der Waals surface area contributed by atoms with Crippen molar-refractivity contribution in [2.75, 3.05) is 13.1 Å². The number of unbranched alkanes of at least 4 members (excludes halogenated alkanes) is 1. The Balaban J connectivity index is 1.70. The highest BCUT2D eigenvalue weighted by atomic mass is 16.4. The van der Waals surface area contributed by atoms with Gasteiger partial charge in [-0.3, -0.25) is 4.90 Å². The number of benzene rings is 1. The van der Waals surface area contributed by atoms with Gasteiger partial charge in [0.15, 0.2) is 0 Å². The van der Waals surface area contributed by atoms with E-state index in [4.69, 9.17) is 21.0 Å². The van der Waals surface area contributed by atoms with E-state index in [-0.39, 0.29) is 6.04 Å². The Labute approximate surface area is 145 Å². The topological polar surface area (TPSA) is 93.5 Å². The summed E-state index contributed by atoms with van der Waals surface area (Å²) in [6.45, 7) is 2.99. The van der Waals surface area contributed by atoms with Gasteiger partial charge in [-0.05, 0) is 62.3 Å². The molecule has 24 heavy (non-hydrogen) atoms. The lowest BCUT2D eigenvalue weighted by Crippen LogP contribution is -2.40. The molecule has 1 atom stereocenters.